The molecule has 1 atom stereocenters. The molecule has 0 spiro atoms. The molecule has 0 radical (unpaired) electrons. The summed E-state index contributed by atoms with van der Waals surface area (Å²) in [5, 5.41) is 6.63. The Morgan fingerprint density at radius 1 is 1.13 bits per heavy atom. The number of guanidine groups is 1. The maximum Gasteiger partial charge on any atom is 0.191 e. The number of hydrogen-bond donors (Lipinski definition) is 2. The van der Waals surface area contributed by atoms with E-state index in [0.717, 1.165) is 41.0 Å². The van der Waals surface area contributed by atoms with Gasteiger partial charge in [-0.2, -0.15) is 0 Å². The van der Waals surface area contributed by atoms with Gasteiger partial charge in [0.1, 0.15) is 23.5 Å². The molecule has 166 valence electrons. The van der Waals surface area contributed by atoms with E-state index < -0.39 is 0 Å². The number of nitrogens with zero attached hydrogens (tertiary/aromatic N) is 4. The Morgan fingerprint density at radius 2 is 1.94 bits per heavy atom. The lowest BCUT2D eigenvalue weighted by atomic mass is 10.2. The molecule has 8 heteroatoms. The van der Waals surface area contributed by atoms with E-state index in [1.54, 1.807) is 6.20 Å². The minimum Gasteiger partial charge on any atom is -0.489 e. The highest BCUT2D eigenvalue weighted by Gasteiger charge is 2.08. The van der Waals surface area contributed by atoms with Crippen LogP contribution in [0.3, 0.4) is 0 Å². The normalized spacial score (nSPS) is 12.1. The molecular weight excluding hydrogens is 503 g/mol. The zero-order chi connectivity index (χ0) is 21.3. The van der Waals surface area contributed by atoms with Gasteiger partial charge in [-0.1, -0.05) is 24.3 Å². The first-order valence-corrected chi connectivity index (χ1v) is 10.3. The summed E-state index contributed by atoms with van der Waals surface area (Å²) in [5.41, 5.74) is 2.17. The van der Waals surface area contributed by atoms with Crippen molar-refractivity contribution in [1.82, 2.24) is 25.2 Å². The highest BCUT2D eigenvalue weighted by molar-refractivity contribution is 14.0. The Bertz CT molecular complexity index is 970. The van der Waals surface area contributed by atoms with Crippen molar-refractivity contribution in [2.45, 2.75) is 40.3 Å². The van der Waals surface area contributed by atoms with Crippen molar-refractivity contribution in [2.24, 2.45) is 4.99 Å². The second-order valence-corrected chi connectivity index (χ2v) is 7.14. The van der Waals surface area contributed by atoms with Gasteiger partial charge in [-0.25, -0.2) is 15.0 Å². The van der Waals surface area contributed by atoms with E-state index in [2.05, 4.69) is 38.6 Å². The van der Waals surface area contributed by atoms with Crippen molar-refractivity contribution in [3.63, 3.8) is 0 Å². The van der Waals surface area contributed by atoms with Crippen LogP contribution in [0.5, 0.6) is 5.75 Å². The summed E-state index contributed by atoms with van der Waals surface area (Å²) in [6.45, 7) is 10.1. The Morgan fingerprint density at radius 3 is 2.58 bits per heavy atom. The molecule has 2 aromatic heterocycles. The molecule has 0 saturated carbocycles. The fraction of sp³-hybridized carbons (Fsp3) is 0.348. The van der Waals surface area contributed by atoms with Gasteiger partial charge in [-0.05, 0) is 51.0 Å². The van der Waals surface area contributed by atoms with Crippen LogP contribution in [-0.2, 0) is 6.54 Å². The van der Waals surface area contributed by atoms with E-state index in [1.165, 1.54) is 0 Å². The minimum absolute atomic E-state index is 0. The fourth-order valence-corrected chi connectivity index (χ4v) is 2.97. The van der Waals surface area contributed by atoms with E-state index in [4.69, 9.17) is 4.74 Å². The summed E-state index contributed by atoms with van der Waals surface area (Å²) in [6.07, 6.45) is 5.54. The molecule has 1 aromatic carbocycles. The quantitative estimate of drug-likeness (QED) is 0.260. The van der Waals surface area contributed by atoms with Crippen LogP contribution >= 0.6 is 24.0 Å². The lowest BCUT2D eigenvalue weighted by molar-refractivity contribution is 0.222. The molecule has 3 rings (SSSR count). The van der Waals surface area contributed by atoms with Crippen LogP contribution in [0.1, 0.15) is 30.8 Å². The summed E-state index contributed by atoms with van der Waals surface area (Å²) < 4.78 is 7.98. The van der Waals surface area contributed by atoms with Crippen molar-refractivity contribution in [2.75, 3.05) is 13.1 Å². The predicted molar refractivity (Wildman–Crippen MR) is 136 cm³/mol. The molecule has 0 aliphatic rings. The van der Waals surface area contributed by atoms with Crippen molar-refractivity contribution < 1.29 is 4.74 Å². The minimum atomic E-state index is 0. The Balaban J connectivity index is 0.00000341. The average molecular weight is 534 g/mol. The zero-order valence-corrected chi connectivity index (χ0v) is 20.8. The van der Waals surface area contributed by atoms with Gasteiger partial charge >= 0.3 is 0 Å². The zero-order valence-electron chi connectivity index (χ0n) is 18.5. The van der Waals surface area contributed by atoms with Gasteiger partial charge in [-0.15, -0.1) is 24.0 Å². The largest absolute Gasteiger partial charge is 0.489 e. The lowest BCUT2D eigenvalue weighted by Crippen LogP contribution is -2.41. The van der Waals surface area contributed by atoms with Crippen LogP contribution in [0, 0.1) is 13.8 Å². The van der Waals surface area contributed by atoms with E-state index in [0.29, 0.717) is 13.1 Å². The van der Waals surface area contributed by atoms with Gasteiger partial charge in [-0.3, -0.25) is 4.57 Å². The third kappa shape index (κ3) is 7.23. The van der Waals surface area contributed by atoms with E-state index >= 15 is 0 Å². The Hall–Kier alpha value is -2.62. The number of rotatable bonds is 8. The standard InChI is InChI=1S/C23H30N6O.HI/c1-5-24-23(27-14-18(3)30-21-9-7-6-8-17(21)2)28-16-20-10-11-22(26-15-20)29-13-12-25-19(29)4;/h6-13,15,18H,5,14,16H2,1-4H3,(H2,24,27,28);1H. The molecule has 0 aliphatic heterocycles. The van der Waals surface area contributed by atoms with Gasteiger partial charge in [0.15, 0.2) is 5.96 Å². The predicted octanol–water partition coefficient (Wildman–Crippen LogP) is 4.02. The second kappa shape index (κ2) is 12.3. The molecule has 2 N–H and O–H groups in total. The number of hydrogen-bond acceptors (Lipinski definition) is 4. The van der Waals surface area contributed by atoms with Crippen LogP contribution in [0.4, 0.5) is 0 Å². The molecular formula is C23H31IN6O. The van der Waals surface area contributed by atoms with E-state index in [1.807, 2.05) is 68.1 Å². The number of aryl methyl sites for hydroxylation is 2. The fourth-order valence-electron chi connectivity index (χ4n) is 2.97. The topological polar surface area (TPSA) is 76.4 Å². The number of imidazole rings is 1. The number of aromatic nitrogens is 3. The van der Waals surface area contributed by atoms with Gasteiger partial charge in [0, 0.05) is 25.1 Å². The van der Waals surface area contributed by atoms with E-state index in [-0.39, 0.29) is 30.1 Å². The molecule has 2 heterocycles. The highest BCUT2D eigenvalue weighted by atomic mass is 127. The van der Waals surface area contributed by atoms with Gasteiger partial charge in [0.25, 0.3) is 0 Å². The molecule has 3 aromatic rings. The van der Waals surface area contributed by atoms with Crippen molar-refractivity contribution >= 4 is 29.9 Å². The van der Waals surface area contributed by atoms with Crippen LogP contribution in [0.25, 0.3) is 5.82 Å². The monoisotopic (exact) mass is 534 g/mol. The summed E-state index contributed by atoms with van der Waals surface area (Å²) in [6, 6.07) is 12.1. The second-order valence-electron chi connectivity index (χ2n) is 7.14. The first-order valence-electron chi connectivity index (χ1n) is 10.3. The number of aliphatic imine (C=N–C) groups is 1. The Labute approximate surface area is 201 Å². The maximum absolute atomic E-state index is 6.03. The number of benzene rings is 1. The molecule has 0 bridgehead atoms. The summed E-state index contributed by atoms with van der Waals surface area (Å²) in [5.74, 6) is 3.43. The van der Waals surface area contributed by atoms with Crippen molar-refractivity contribution in [3.05, 3.63) is 71.9 Å². The number of ether oxygens (including phenoxy) is 1. The number of pyridine rings is 1. The molecule has 0 saturated heterocycles. The average Bonchev–Trinajstić information content (AvgIpc) is 3.18. The molecule has 31 heavy (non-hydrogen) atoms. The third-order valence-corrected chi connectivity index (χ3v) is 4.62. The number of para-hydroxylation sites is 1. The summed E-state index contributed by atoms with van der Waals surface area (Å²) in [7, 11) is 0. The van der Waals surface area contributed by atoms with Crippen molar-refractivity contribution in [1.29, 1.82) is 0 Å². The molecule has 7 nitrogen and oxygen atoms in total. The SMILES string of the molecule is CCNC(=NCc1ccc(-n2ccnc2C)nc1)NCC(C)Oc1ccccc1C.I. The molecule has 0 fully saturated rings. The third-order valence-electron chi connectivity index (χ3n) is 4.62. The number of halogens is 1. The van der Waals surface area contributed by atoms with Crippen LogP contribution in [0.2, 0.25) is 0 Å². The summed E-state index contributed by atoms with van der Waals surface area (Å²) >= 11 is 0. The van der Waals surface area contributed by atoms with Crippen LogP contribution < -0.4 is 15.4 Å². The lowest BCUT2D eigenvalue weighted by Gasteiger charge is -2.18. The van der Waals surface area contributed by atoms with Gasteiger partial charge in [0.2, 0.25) is 0 Å². The van der Waals surface area contributed by atoms with E-state index in [9.17, 15) is 0 Å². The van der Waals surface area contributed by atoms with Gasteiger partial charge in [0.05, 0.1) is 13.1 Å². The first-order chi connectivity index (χ1) is 14.6. The Kier molecular flexibility index (Phi) is 9.77. The van der Waals surface area contributed by atoms with Crippen LogP contribution in [0.15, 0.2) is 60.0 Å². The highest BCUT2D eigenvalue weighted by Crippen LogP contribution is 2.17. The number of nitrogens with one attached hydrogen (secondary N) is 2. The maximum atomic E-state index is 6.03. The first kappa shape index (κ1) is 24.6. The van der Waals surface area contributed by atoms with Gasteiger partial charge < -0.3 is 15.4 Å². The smallest absolute Gasteiger partial charge is 0.191 e. The summed E-state index contributed by atoms with van der Waals surface area (Å²) in [4.78, 5) is 13.4. The van der Waals surface area contributed by atoms with Crippen LogP contribution in [-0.4, -0.2) is 39.7 Å². The molecule has 0 aliphatic carbocycles. The molecule has 1 unspecified atom stereocenters. The molecule has 0 amide bonds. The van der Waals surface area contributed by atoms with Crippen molar-refractivity contribution in [3.8, 4) is 11.6 Å².